The molecule has 1 aromatic rings. The van der Waals surface area contributed by atoms with Gasteiger partial charge in [-0.1, -0.05) is 0 Å². The van der Waals surface area contributed by atoms with Crippen molar-refractivity contribution in [1.29, 1.82) is 0 Å². The molecule has 2 rings (SSSR count). The molecule has 0 saturated carbocycles. The number of nitrogens with zero attached hydrogens (tertiary/aromatic N) is 2. The van der Waals surface area contributed by atoms with Gasteiger partial charge in [-0.2, -0.15) is 0 Å². The number of rotatable bonds is 7. The molecule has 1 saturated heterocycles. The predicted octanol–water partition coefficient (Wildman–Crippen LogP) is 0.601. The molecular weight excluding hydrogens is 284 g/mol. The number of benzene rings is 1. The van der Waals surface area contributed by atoms with Crippen LogP contribution in [0, 0.1) is 0 Å². The minimum Gasteiger partial charge on any atom is -0.497 e. The Morgan fingerprint density at radius 1 is 1.14 bits per heavy atom. The third-order valence-corrected chi connectivity index (χ3v) is 3.79. The minimum atomic E-state index is 0.122. The molecule has 122 valence electrons. The molecule has 0 aromatic heterocycles. The molecular formula is C16H24N2O4. The number of hydrogen-bond donors (Lipinski definition) is 1. The summed E-state index contributed by atoms with van der Waals surface area (Å²) in [5.74, 6) is 1.64. The van der Waals surface area contributed by atoms with Gasteiger partial charge in [0.2, 0.25) is 5.91 Å². The zero-order valence-electron chi connectivity index (χ0n) is 13.0. The van der Waals surface area contributed by atoms with E-state index in [0.29, 0.717) is 19.6 Å². The smallest absolute Gasteiger partial charge is 0.226 e. The maximum atomic E-state index is 12.1. The first-order valence-corrected chi connectivity index (χ1v) is 7.61. The van der Waals surface area contributed by atoms with Gasteiger partial charge in [0, 0.05) is 32.7 Å². The van der Waals surface area contributed by atoms with Crippen molar-refractivity contribution in [2.45, 2.75) is 6.42 Å². The van der Waals surface area contributed by atoms with E-state index >= 15 is 0 Å². The summed E-state index contributed by atoms with van der Waals surface area (Å²) < 4.78 is 10.7. The van der Waals surface area contributed by atoms with E-state index in [1.54, 1.807) is 7.11 Å². The van der Waals surface area contributed by atoms with Gasteiger partial charge in [-0.15, -0.1) is 0 Å². The highest BCUT2D eigenvalue weighted by Crippen LogP contribution is 2.17. The van der Waals surface area contributed by atoms with Gasteiger partial charge in [-0.05, 0) is 24.3 Å². The van der Waals surface area contributed by atoms with Gasteiger partial charge in [-0.25, -0.2) is 0 Å². The average molecular weight is 308 g/mol. The number of hydrogen-bond acceptors (Lipinski definition) is 5. The molecule has 1 N–H and O–H groups in total. The summed E-state index contributed by atoms with van der Waals surface area (Å²) in [7, 11) is 1.62. The van der Waals surface area contributed by atoms with Gasteiger partial charge in [-0.3, -0.25) is 9.69 Å². The van der Waals surface area contributed by atoms with E-state index in [1.807, 2.05) is 29.2 Å². The predicted molar refractivity (Wildman–Crippen MR) is 83.2 cm³/mol. The Bertz CT molecular complexity index is 456. The molecule has 0 bridgehead atoms. The number of carbonyl (C=O) groups is 1. The first-order valence-electron chi connectivity index (χ1n) is 7.61. The standard InChI is InChI=1S/C16H24N2O4/c1-21-14-2-4-15(5-3-14)22-13-6-16(20)18-9-7-17(8-10-18)11-12-19/h2-5,19H,6-13H2,1H3. The Kier molecular flexibility index (Phi) is 6.48. The van der Waals surface area contributed by atoms with Crippen LogP contribution in [0.4, 0.5) is 0 Å². The quantitative estimate of drug-likeness (QED) is 0.799. The Morgan fingerprint density at radius 2 is 1.77 bits per heavy atom. The first kappa shape index (κ1) is 16.6. The summed E-state index contributed by atoms with van der Waals surface area (Å²) in [6, 6.07) is 7.32. The fourth-order valence-electron chi connectivity index (χ4n) is 2.45. The monoisotopic (exact) mass is 308 g/mol. The van der Waals surface area contributed by atoms with Crippen LogP contribution in [0.5, 0.6) is 11.5 Å². The maximum Gasteiger partial charge on any atom is 0.226 e. The minimum absolute atomic E-state index is 0.122. The van der Waals surface area contributed by atoms with Gasteiger partial charge < -0.3 is 19.5 Å². The highest BCUT2D eigenvalue weighted by molar-refractivity contribution is 5.76. The molecule has 1 heterocycles. The Labute approximate surface area is 131 Å². The topological polar surface area (TPSA) is 62.2 Å². The van der Waals surface area contributed by atoms with Crippen LogP contribution < -0.4 is 9.47 Å². The van der Waals surface area contributed by atoms with Crippen molar-refractivity contribution in [3.8, 4) is 11.5 Å². The van der Waals surface area contributed by atoms with Crippen molar-refractivity contribution >= 4 is 5.91 Å². The number of aliphatic hydroxyl groups excluding tert-OH is 1. The lowest BCUT2D eigenvalue weighted by Gasteiger charge is -2.34. The van der Waals surface area contributed by atoms with Crippen LogP contribution in [-0.4, -0.2) is 73.9 Å². The molecule has 1 fully saturated rings. The molecule has 6 nitrogen and oxygen atoms in total. The zero-order valence-corrected chi connectivity index (χ0v) is 13.0. The first-order chi connectivity index (χ1) is 10.7. The summed E-state index contributed by atoms with van der Waals surface area (Å²) in [5.41, 5.74) is 0. The Morgan fingerprint density at radius 3 is 2.36 bits per heavy atom. The molecule has 22 heavy (non-hydrogen) atoms. The van der Waals surface area contributed by atoms with Gasteiger partial charge in [0.1, 0.15) is 11.5 Å². The molecule has 1 aliphatic rings. The zero-order chi connectivity index (χ0) is 15.8. The summed E-state index contributed by atoms with van der Waals surface area (Å²) in [4.78, 5) is 16.1. The summed E-state index contributed by atoms with van der Waals surface area (Å²) in [6.45, 7) is 4.33. The van der Waals surface area contributed by atoms with Crippen LogP contribution in [0.3, 0.4) is 0 Å². The largest absolute Gasteiger partial charge is 0.497 e. The summed E-state index contributed by atoms with van der Waals surface area (Å²) >= 11 is 0. The Hall–Kier alpha value is -1.79. The molecule has 1 aromatic carbocycles. The van der Waals surface area contributed by atoms with Crippen LogP contribution in [0.15, 0.2) is 24.3 Å². The van der Waals surface area contributed by atoms with E-state index in [2.05, 4.69) is 4.90 Å². The molecule has 6 heteroatoms. The van der Waals surface area contributed by atoms with Crippen LogP contribution >= 0.6 is 0 Å². The molecule has 0 unspecified atom stereocenters. The SMILES string of the molecule is COc1ccc(OCCC(=O)N2CCN(CCO)CC2)cc1. The van der Waals surface area contributed by atoms with Crippen LogP contribution in [0.2, 0.25) is 0 Å². The number of amides is 1. The van der Waals surface area contributed by atoms with Crippen LogP contribution in [0.25, 0.3) is 0 Å². The third-order valence-electron chi connectivity index (χ3n) is 3.79. The highest BCUT2D eigenvalue weighted by atomic mass is 16.5. The molecule has 0 aliphatic carbocycles. The third kappa shape index (κ3) is 4.89. The van der Waals surface area contributed by atoms with Crippen molar-refractivity contribution < 1.29 is 19.4 Å². The maximum absolute atomic E-state index is 12.1. The van der Waals surface area contributed by atoms with E-state index in [4.69, 9.17) is 14.6 Å². The number of piperazine rings is 1. The van der Waals surface area contributed by atoms with Crippen molar-refractivity contribution in [2.75, 3.05) is 53.0 Å². The van der Waals surface area contributed by atoms with E-state index < -0.39 is 0 Å². The highest BCUT2D eigenvalue weighted by Gasteiger charge is 2.20. The van der Waals surface area contributed by atoms with Crippen molar-refractivity contribution in [3.05, 3.63) is 24.3 Å². The number of β-amino-alcohol motifs (C(OH)–C–C–N with tert-alkyl or cyclic N) is 1. The van der Waals surface area contributed by atoms with Crippen molar-refractivity contribution in [1.82, 2.24) is 9.80 Å². The molecule has 1 aliphatic heterocycles. The van der Waals surface area contributed by atoms with E-state index in [-0.39, 0.29) is 12.5 Å². The van der Waals surface area contributed by atoms with E-state index in [9.17, 15) is 4.79 Å². The number of methoxy groups -OCH3 is 1. The lowest BCUT2D eigenvalue weighted by Crippen LogP contribution is -2.49. The number of aliphatic hydroxyl groups is 1. The van der Waals surface area contributed by atoms with Crippen molar-refractivity contribution in [3.63, 3.8) is 0 Å². The second-order valence-corrected chi connectivity index (χ2v) is 5.22. The normalized spacial score (nSPS) is 15.6. The summed E-state index contributed by atoms with van der Waals surface area (Å²) in [6.07, 6.45) is 0.381. The van der Waals surface area contributed by atoms with Crippen molar-refractivity contribution in [2.24, 2.45) is 0 Å². The lowest BCUT2D eigenvalue weighted by molar-refractivity contribution is -0.133. The summed E-state index contributed by atoms with van der Waals surface area (Å²) in [5, 5.41) is 8.90. The number of ether oxygens (including phenoxy) is 2. The van der Waals surface area contributed by atoms with Crippen LogP contribution in [0.1, 0.15) is 6.42 Å². The van der Waals surface area contributed by atoms with Gasteiger partial charge in [0.15, 0.2) is 0 Å². The van der Waals surface area contributed by atoms with E-state index in [1.165, 1.54) is 0 Å². The molecule has 1 amide bonds. The molecule has 0 atom stereocenters. The average Bonchev–Trinajstić information content (AvgIpc) is 2.56. The Balaban J connectivity index is 1.67. The fourth-order valence-corrected chi connectivity index (χ4v) is 2.45. The van der Waals surface area contributed by atoms with Gasteiger partial charge in [0.05, 0.1) is 26.7 Å². The fraction of sp³-hybridized carbons (Fsp3) is 0.562. The molecule has 0 spiro atoms. The van der Waals surface area contributed by atoms with Crippen LogP contribution in [-0.2, 0) is 4.79 Å². The molecule has 0 radical (unpaired) electrons. The second kappa shape index (κ2) is 8.60. The van der Waals surface area contributed by atoms with Gasteiger partial charge >= 0.3 is 0 Å². The lowest BCUT2D eigenvalue weighted by atomic mass is 10.3. The van der Waals surface area contributed by atoms with Gasteiger partial charge in [0.25, 0.3) is 0 Å². The second-order valence-electron chi connectivity index (χ2n) is 5.22. The number of carbonyl (C=O) groups excluding carboxylic acids is 1. The van der Waals surface area contributed by atoms with E-state index in [0.717, 1.165) is 37.7 Å².